The molecule has 0 aliphatic heterocycles. The molecule has 2 aromatic heterocycles. The van der Waals surface area contributed by atoms with E-state index < -0.39 is 11.2 Å². The second kappa shape index (κ2) is 6.32. The Morgan fingerprint density at radius 1 is 1.24 bits per heavy atom. The van der Waals surface area contributed by atoms with Gasteiger partial charge in [-0.25, -0.2) is 14.3 Å². The lowest BCUT2D eigenvalue weighted by Gasteiger charge is -2.07. The zero-order valence-corrected chi connectivity index (χ0v) is 14.3. The smallest absolute Gasteiger partial charge is 0.333 e. The van der Waals surface area contributed by atoms with Crippen molar-refractivity contribution in [2.45, 2.75) is 13.5 Å². The van der Waals surface area contributed by atoms with Gasteiger partial charge in [0.25, 0.3) is 5.56 Å². The molecule has 25 heavy (non-hydrogen) atoms. The highest BCUT2D eigenvalue weighted by molar-refractivity contribution is 5.77. The van der Waals surface area contributed by atoms with E-state index in [0.717, 1.165) is 10.1 Å². The Bertz CT molecular complexity index is 1110. The first-order chi connectivity index (χ1) is 12.0. The molecule has 1 aromatic carbocycles. The van der Waals surface area contributed by atoms with Crippen LogP contribution in [0.15, 0.2) is 33.9 Å². The van der Waals surface area contributed by atoms with Crippen LogP contribution in [0.3, 0.4) is 0 Å². The third-order valence-corrected chi connectivity index (χ3v) is 4.01. The summed E-state index contributed by atoms with van der Waals surface area (Å²) in [5, 5.41) is 0. The average molecular weight is 338 g/mol. The molecule has 3 aromatic rings. The first-order valence-electron chi connectivity index (χ1n) is 7.82. The largest absolute Gasteiger partial charge is 0.494 e. The Morgan fingerprint density at radius 2 is 2.00 bits per heavy atom. The van der Waals surface area contributed by atoms with Crippen LogP contribution in [0.25, 0.3) is 22.6 Å². The molecule has 0 aliphatic carbocycles. The van der Waals surface area contributed by atoms with Crippen molar-refractivity contribution in [2.75, 3.05) is 6.61 Å². The molecule has 0 amide bonds. The number of benzene rings is 1. The van der Waals surface area contributed by atoms with Crippen LogP contribution in [-0.4, -0.2) is 25.3 Å². The normalized spacial score (nSPS) is 10.8. The Labute approximate surface area is 144 Å². The predicted octanol–water partition coefficient (Wildman–Crippen LogP) is 1.13. The molecular formula is C18H18N4O3. The molecule has 0 saturated carbocycles. The first-order valence-corrected chi connectivity index (χ1v) is 7.82. The highest BCUT2D eigenvalue weighted by Gasteiger charge is 2.19. The van der Waals surface area contributed by atoms with Gasteiger partial charge in [0.1, 0.15) is 11.6 Å². The van der Waals surface area contributed by atoms with E-state index in [2.05, 4.69) is 10.9 Å². The average Bonchev–Trinajstić information content (AvgIpc) is 2.95. The van der Waals surface area contributed by atoms with Crippen molar-refractivity contribution in [3.05, 3.63) is 45.1 Å². The molecule has 0 radical (unpaired) electrons. The molecule has 7 nitrogen and oxygen atoms in total. The monoisotopic (exact) mass is 338 g/mol. The van der Waals surface area contributed by atoms with E-state index in [-0.39, 0.29) is 6.54 Å². The summed E-state index contributed by atoms with van der Waals surface area (Å²) in [5.41, 5.74) is 0.512. The Kier molecular flexibility index (Phi) is 4.19. The van der Waals surface area contributed by atoms with Gasteiger partial charge in [-0.2, -0.15) is 0 Å². The summed E-state index contributed by atoms with van der Waals surface area (Å²) < 4.78 is 9.56. The topological polar surface area (TPSA) is 71.1 Å². The van der Waals surface area contributed by atoms with Gasteiger partial charge < -0.3 is 9.30 Å². The number of ether oxygens (including phenoxy) is 1. The Hall–Kier alpha value is -3.27. The van der Waals surface area contributed by atoms with Crippen molar-refractivity contribution in [2.24, 2.45) is 14.1 Å². The number of nitrogens with zero attached hydrogens (tertiary/aromatic N) is 4. The van der Waals surface area contributed by atoms with Gasteiger partial charge in [-0.05, 0) is 19.1 Å². The summed E-state index contributed by atoms with van der Waals surface area (Å²) in [6, 6.07) is 7.44. The number of terminal acetylenes is 1. The minimum atomic E-state index is -0.483. The van der Waals surface area contributed by atoms with E-state index in [9.17, 15) is 9.59 Å². The molecule has 0 aliphatic rings. The number of fused-ring (bicyclic) bond motifs is 1. The maximum Gasteiger partial charge on any atom is 0.333 e. The molecule has 0 unspecified atom stereocenters. The SMILES string of the molecule is C#CCn1c(=O)c2c(nc(-c3cccc(OCC)c3)n2C)n(C)c1=O. The van der Waals surface area contributed by atoms with Crippen molar-refractivity contribution >= 4 is 11.2 Å². The number of imidazole rings is 1. The predicted molar refractivity (Wildman–Crippen MR) is 95.7 cm³/mol. The summed E-state index contributed by atoms with van der Waals surface area (Å²) in [6.07, 6.45) is 5.28. The van der Waals surface area contributed by atoms with Crippen LogP contribution < -0.4 is 16.0 Å². The van der Waals surface area contributed by atoms with Crippen molar-refractivity contribution in [1.29, 1.82) is 0 Å². The van der Waals surface area contributed by atoms with Crippen LogP contribution in [0.5, 0.6) is 5.75 Å². The van der Waals surface area contributed by atoms with Gasteiger partial charge in [0.2, 0.25) is 0 Å². The molecule has 0 saturated heterocycles. The number of aromatic nitrogens is 4. The van der Waals surface area contributed by atoms with E-state index in [4.69, 9.17) is 11.2 Å². The molecule has 2 heterocycles. The lowest BCUT2D eigenvalue weighted by Crippen LogP contribution is -2.39. The van der Waals surface area contributed by atoms with E-state index >= 15 is 0 Å². The number of hydrogen-bond acceptors (Lipinski definition) is 4. The second-order valence-corrected chi connectivity index (χ2v) is 5.56. The van der Waals surface area contributed by atoms with Gasteiger partial charge in [-0.1, -0.05) is 18.1 Å². The van der Waals surface area contributed by atoms with Gasteiger partial charge >= 0.3 is 5.69 Å². The fourth-order valence-corrected chi connectivity index (χ4v) is 2.82. The van der Waals surface area contributed by atoms with E-state index in [1.54, 1.807) is 18.7 Å². The summed E-state index contributed by atoms with van der Waals surface area (Å²) in [4.78, 5) is 29.6. The number of rotatable bonds is 4. The fraction of sp³-hybridized carbons (Fsp3) is 0.278. The zero-order valence-electron chi connectivity index (χ0n) is 14.3. The Balaban J connectivity index is 2.32. The highest BCUT2D eigenvalue weighted by atomic mass is 16.5. The van der Waals surface area contributed by atoms with Crippen LogP contribution in [0.4, 0.5) is 0 Å². The molecule has 7 heteroatoms. The maximum absolute atomic E-state index is 12.7. The van der Waals surface area contributed by atoms with Crippen LogP contribution in [0.2, 0.25) is 0 Å². The molecule has 0 spiro atoms. The standard InChI is InChI=1S/C18H18N4O3/c1-5-10-22-17(23)14-16(21(4)18(22)24)19-15(20(14)3)12-8-7-9-13(11-12)25-6-2/h1,7-9,11H,6,10H2,2-4H3. The fourth-order valence-electron chi connectivity index (χ4n) is 2.82. The minimum absolute atomic E-state index is 0.0816. The lowest BCUT2D eigenvalue weighted by atomic mass is 10.2. The third-order valence-electron chi connectivity index (χ3n) is 4.01. The first kappa shape index (κ1) is 16.6. The molecular weight excluding hydrogens is 320 g/mol. The summed E-state index contributed by atoms with van der Waals surface area (Å²) >= 11 is 0. The van der Waals surface area contributed by atoms with Crippen LogP contribution in [0, 0.1) is 12.3 Å². The molecule has 128 valence electrons. The quantitative estimate of drug-likeness (QED) is 0.669. The van der Waals surface area contributed by atoms with Gasteiger partial charge in [0.05, 0.1) is 13.2 Å². The molecule has 0 atom stereocenters. The second-order valence-electron chi connectivity index (χ2n) is 5.56. The van der Waals surface area contributed by atoms with E-state index in [1.807, 2.05) is 31.2 Å². The van der Waals surface area contributed by atoms with Crippen molar-refractivity contribution in [1.82, 2.24) is 18.7 Å². The summed E-state index contributed by atoms with van der Waals surface area (Å²) in [5.74, 6) is 3.63. The Morgan fingerprint density at radius 3 is 2.68 bits per heavy atom. The van der Waals surface area contributed by atoms with Crippen LogP contribution in [-0.2, 0) is 20.6 Å². The van der Waals surface area contributed by atoms with Gasteiger partial charge in [-0.15, -0.1) is 6.42 Å². The minimum Gasteiger partial charge on any atom is -0.494 e. The molecule has 0 N–H and O–H groups in total. The highest BCUT2D eigenvalue weighted by Crippen LogP contribution is 2.24. The molecule has 3 rings (SSSR count). The third kappa shape index (κ3) is 2.62. The van der Waals surface area contributed by atoms with E-state index in [1.165, 1.54) is 4.57 Å². The van der Waals surface area contributed by atoms with Gasteiger partial charge in [0.15, 0.2) is 11.2 Å². The zero-order chi connectivity index (χ0) is 18.1. The van der Waals surface area contributed by atoms with Gasteiger partial charge in [-0.3, -0.25) is 9.36 Å². The number of hydrogen-bond donors (Lipinski definition) is 0. The van der Waals surface area contributed by atoms with Crippen molar-refractivity contribution < 1.29 is 4.74 Å². The lowest BCUT2D eigenvalue weighted by molar-refractivity contribution is 0.340. The molecule has 0 bridgehead atoms. The number of aryl methyl sites for hydroxylation is 2. The summed E-state index contributed by atoms with van der Waals surface area (Å²) in [6.45, 7) is 2.38. The van der Waals surface area contributed by atoms with E-state index in [0.29, 0.717) is 29.3 Å². The maximum atomic E-state index is 12.7. The van der Waals surface area contributed by atoms with Crippen LogP contribution >= 0.6 is 0 Å². The van der Waals surface area contributed by atoms with Crippen LogP contribution in [0.1, 0.15) is 6.92 Å². The summed E-state index contributed by atoms with van der Waals surface area (Å²) in [7, 11) is 3.31. The molecule has 0 fully saturated rings. The van der Waals surface area contributed by atoms with Crippen molar-refractivity contribution in [3.63, 3.8) is 0 Å². The van der Waals surface area contributed by atoms with Gasteiger partial charge in [0, 0.05) is 19.7 Å². The van der Waals surface area contributed by atoms with Crippen molar-refractivity contribution in [3.8, 4) is 29.5 Å².